The molecule has 2 aliphatic rings. The van der Waals surface area contributed by atoms with Gasteiger partial charge in [0.1, 0.15) is 11.6 Å². The first-order valence-corrected chi connectivity index (χ1v) is 17.1. The van der Waals surface area contributed by atoms with Crippen LogP contribution in [0.5, 0.6) is 0 Å². The van der Waals surface area contributed by atoms with Crippen molar-refractivity contribution >= 4 is 0 Å². The highest BCUT2D eigenvalue weighted by Gasteiger charge is 2.25. The molecule has 3 heteroatoms. The lowest BCUT2D eigenvalue weighted by molar-refractivity contribution is 0.928. The maximum absolute atomic E-state index is 4.28. The third-order valence-electron chi connectivity index (χ3n) is 10.8. The van der Waals surface area contributed by atoms with Crippen LogP contribution in [0.1, 0.15) is 78.4 Å². The van der Waals surface area contributed by atoms with Crippen LogP contribution in [0.4, 0.5) is 0 Å². The Morgan fingerprint density at radius 1 is 0.375 bits per heavy atom. The van der Waals surface area contributed by atoms with Crippen molar-refractivity contribution in [2.24, 2.45) is 0 Å². The maximum atomic E-state index is 4.28. The number of aryl methyl sites for hydroxylation is 2. The minimum Gasteiger partial charge on any atom is -0.219 e. The van der Waals surface area contributed by atoms with Crippen LogP contribution in [-0.4, -0.2) is 15.0 Å². The first kappa shape index (κ1) is 33.0. The first-order valence-electron chi connectivity index (χ1n) is 17.1. The fourth-order valence-corrected chi connectivity index (χ4v) is 7.50. The number of benzene rings is 5. The van der Waals surface area contributed by atoms with Gasteiger partial charge in [-0.05, 0) is 171 Å². The Balaban J connectivity index is 0.000000126. The zero-order valence-electron chi connectivity index (χ0n) is 30.3. The van der Waals surface area contributed by atoms with Crippen LogP contribution in [0.2, 0.25) is 0 Å². The molecule has 0 atom stereocenters. The average molecular weight is 630 g/mol. The number of fused-ring (bicyclic) bond motifs is 6. The molecule has 0 unspecified atom stereocenters. The molecule has 1 heterocycles. The lowest BCUT2D eigenvalue weighted by atomic mass is 9.89. The van der Waals surface area contributed by atoms with Crippen LogP contribution < -0.4 is 0 Å². The van der Waals surface area contributed by atoms with Gasteiger partial charge in [-0.3, -0.25) is 0 Å². The fraction of sp³-hybridized carbons (Fsp3) is 0.267. The second kappa shape index (κ2) is 13.3. The van der Waals surface area contributed by atoms with Gasteiger partial charge in [0, 0.05) is 5.56 Å². The molecule has 0 spiro atoms. The van der Waals surface area contributed by atoms with Crippen molar-refractivity contribution in [2.75, 3.05) is 0 Å². The summed E-state index contributed by atoms with van der Waals surface area (Å²) < 4.78 is 0. The largest absolute Gasteiger partial charge is 0.219 e. The van der Waals surface area contributed by atoms with Gasteiger partial charge in [0.05, 0.1) is 0 Å². The number of nitrogens with zero attached hydrogens (tertiary/aromatic N) is 3. The average Bonchev–Trinajstić information content (AvgIpc) is 3.68. The van der Waals surface area contributed by atoms with E-state index in [0.29, 0.717) is 0 Å². The summed E-state index contributed by atoms with van der Waals surface area (Å²) in [4.78, 5) is 12.7. The molecule has 0 N–H and O–H groups in total. The van der Waals surface area contributed by atoms with Gasteiger partial charge in [-0.15, -0.1) is 0 Å². The van der Waals surface area contributed by atoms with Gasteiger partial charge < -0.3 is 0 Å². The Morgan fingerprint density at radius 2 is 0.750 bits per heavy atom. The van der Waals surface area contributed by atoms with Crippen LogP contribution in [0, 0.1) is 69.2 Å². The van der Waals surface area contributed by atoms with Gasteiger partial charge >= 0.3 is 0 Å². The van der Waals surface area contributed by atoms with E-state index in [1.54, 1.807) is 11.1 Å². The van der Waals surface area contributed by atoms with E-state index >= 15 is 0 Å². The van der Waals surface area contributed by atoms with Gasteiger partial charge in [-0.2, -0.15) is 0 Å². The number of aromatic nitrogens is 3. The van der Waals surface area contributed by atoms with E-state index in [9.17, 15) is 0 Å². The Kier molecular flexibility index (Phi) is 9.16. The van der Waals surface area contributed by atoms with Gasteiger partial charge in [0.15, 0.2) is 5.82 Å². The normalized spacial score (nSPS) is 11.8. The van der Waals surface area contributed by atoms with E-state index in [1.165, 1.54) is 77.9 Å². The Morgan fingerprint density at radius 3 is 1.19 bits per heavy atom. The van der Waals surface area contributed by atoms with Crippen molar-refractivity contribution in [3.63, 3.8) is 0 Å². The summed E-state index contributed by atoms with van der Waals surface area (Å²) in [6.07, 6.45) is 2.22. The quantitative estimate of drug-likeness (QED) is 0.181. The van der Waals surface area contributed by atoms with E-state index in [-0.39, 0.29) is 0 Å². The van der Waals surface area contributed by atoms with Gasteiger partial charge in [-0.1, -0.05) is 78.9 Å². The van der Waals surface area contributed by atoms with Crippen molar-refractivity contribution in [3.8, 4) is 33.6 Å². The lowest BCUT2D eigenvalue weighted by Crippen LogP contribution is -1.98. The summed E-state index contributed by atoms with van der Waals surface area (Å²) in [6, 6.07) is 27.6. The predicted molar refractivity (Wildman–Crippen MR) is 202 cm³/mol. The van der Waals surface area contributed by atoms with Crippen LogP contribution in [0.15, 0.2) is 78.9 Å². The molecule has 3 nitrogen and oxygen atoms in total. The van der Waals surface area contributed by atoms with Crippen LogP contribution in [0.3, 0.4) is 0 Å². The number of hydrogen-bond donors (Lipinski definition) is 0. The van der Waals surface area contributed by atoms with E-state index in [2.05, 4.69) is 119 Å². The first-order chi connectivity index (χ1) is 23.0. The van der Waals surface area contributed by atoms with Crippen molar-refractivity contribution in [3.05, 3.63) is 157 Å². The predicted octanol–water partition coefficient (Wildman–Crippen LogP) is 11.1. The molecule has 0 saturated heterocycles. The Bertz CT molecular complexity index is 2040. The molecule has 0 saturated carbocycles. The van der Waals surface area contributed by atoms with Gasteiger partial charge in [0.2, 0.25) is 0 Å². The van der Waals surface area contributed by atoms with Crippen LogP contribution >= 0.6 is 0 Å². The van der Waals surface area contributed by atoms with Crippen molar-refractivity contribution < 1.29 is 0 Å². The minimum absolute atomic E-state index is 0.746. The molecule has 242 valence electrons. The van der Waals surface area contributed by atoms with Crippen molar-refractivity contribution in [2.45, 2.75) is 82.1 Å². The fourth-order valence-electron chi connectivity index (χ4n) is 7.50. The molecule has 0 aliphatic heterocycles. The van der Waals surface area contributed by atoms with Gasteiger partial charge in [-0.25, -0.2) is 15.0 Å². The summed E-state index contributed by atoms with van der Waals surface area (Å²) in [5.41, 5.74) is 24.7. The minimum atomic E-state index is 0.746. The summed E-state index contributed by atoms with van der Waals surface area (Å²) in [5, 5.41) is 0. The SMILES string of the molecule is Cc1c(C)c(C)c2c(c1C)Cc1ccccc1-2.Cc1c(C)c(C)c2c(c1C)Cc1ccccc1-2.Cc1nc(C)nc(-c2ccccc2)n1. The molecular formula is C45H47N3. The molecule has 5 aromatic carbocycles. The maximum Gasteiger partial charge on any atom is 0.163 e. The number of hydrogen-bond acceptors (Lipinski definition) is 3. The molecule has 1 aromatic heterocycles. The van der Waals surface area contributed by atoms with Crippen molar-refractivity contribution in [1.29, 1.82) is 0 Å². The summed E-state index contributed by atoms with van der Waals surface area (Å²) in [5.74, 6) is 2.27. The van der Waals surface area contributed by atoms with Gasteiger partial charge in [0.25, 0.3) is 0 Å². The number of rotatable bonds is 1. The van der Waals surface area contributed by atoms with Crippen LogP contribution in [-0.2, 0) is 12.8 Å². The molecule has 0 fully saturated rings. The third-order valence-corrected chi connectivity index (χ3v) is 10.8. The van der Waals surface area contributed by atoms with E-state index in [4.69, 9.17) is 0 Å². The zero-order chi connectivity index (χ0) is 34.3. The molecule has 0 amide bonds. The molecule has 0 bridgehead atoms. The Labute approximate surface area is 287 Å². The molecule has 6 aromatic rings. The molecule has 48 heavy (non-hydrogen) atoms. The summed E-state index contributed by atoms with van der Waals surface area (Å²) in [6.45, 7) is 21.8. The highest BCUT2D eigenvalue weighted by atomic mass is 15.0. The summed E-state index contributed by atoms with van der Waals surface area (Å²) >= 11 is 0. The summed E-state index contributed by atoms with van der Waals surface area (Å²) in [7, 11) is 0. The smallest absolute Gasteiger partial charge is 0.163 e. The van der Waals surface area contributed by atoms with E-state index < -0.39 is 0 Å². The van der Waals surface area contributed by atoms with Crippen LogP contribution in [0.25, 0.3) is 33.6 Å². The van der Waals surface area contributed by atoms with E-state index in [0.717, 1.165) is 35.9 Å². The highest BCUT2D eigenvalue weighted by molar-refractivity contribution is 5.83. The monoisotopic (exact) mass is 629 g/mol. The third kappa shape index (κ3) is 5.99. The van der Waals surface area contributed by atoms with Crippen molar-refractivity contribution in [1.82, 2.24) is 15.0 Å². The zero-order valence-corrected chi connectivity index (χ0v) is 30.3. The topological polar surface area (TPSA) is 38.7 Å². The Hall–Kier alpha value is -4.89. The molecular weight excluding hydrogens is 583 g/mol. The van der Waals surface area contributed by atoms with E-state index in [1.807, 2.05) is 44.2 Å². The molecule has 0 radical (unpaired) electrons. The second-order valence-electron chi connectivity index (χ2n) is 13.5. The second-order valence-corrected chi connectivity index (χ2v) is 13.5. The highest BCUT2D eigenvalue weighted by Crippen LogP contribution is 2.44. The molecule has 8 rings (SSSR count). The lowest BCUT2D eigenvalue weighted by Gasteiger charge is -2.16. The molecule has 2 aliphatic carbocycles. The standard InChI is InChI=1S/2C17H18.C11H11N3/c2*1-10-11(2)13(4)17-15-8-6-5-7-14(15)9-16(17)12(10)3;1-8-12-9(2)14-11(13-8)10-6-4-3-5-7-10/h2*5-8H,9H2,1-4H3;3-7H,1-2H3.